The summed E-state index contributed by atoms with van der Waals surface area (Å²) in [4.78, 5) is 0. The summed E-state index contributed by atoms with van der Waals surface area (Å²) in [6.07, 6.45) is 0. The summed E-state index contributed by atoms with van der Waals surface area (Å²) < 4.78 is 9.09. The topological polar surface area (TPSA) is 18.1 Å². The number of hydrogen-bond acceptors (Lipinski definition) is 1. The number of furan rings is 1. The van der Waals surface area contributed by atoms with Gasteiger partial charge in [-0.1, -0.05) is 90.1 Å². The van der Waals surface area contributed by atoms with Gasteiger partial charge in [0.1, 0.15) is 11.2 Å². The highest BCUT2D eigenvalue weighted by molar-refractivity contribution is 6.36. The van der Waals surface area contributed by atoms with Crippen LogP contribution in [0.3, 0.4) is 0 Å². The van der Waals surface area contributed by atoms with E-state index in [9.17, 15) is 0 Å². The molecule has 0 aliphatic heterocycles. The minimum atomic E-state index is 0.0545. The molecule has 0 fully saturated rings. The van der Waals surface area contributed by atoms with Gasteiger partial charge in [0.25, 0.3) is 0 Å². The van der Waals surface area contributed by atoms with E-state index in [2.05, 4.69) is 149 Å². The molecule has 214 valence electrons. The van der Waals surface area contributed by atoms with Gasteiger partial charge in [0, 0.05) is 38.0 Å². The van der Waals surface area contributed by atoms with Crippen LogP contribution in [0.25, 0.3) is 81.7 Å². The molecule has 0 aliphatic rings. The molecule has 2 nitrogen and oxygen atoms in total. The van der Waals surface area contributed by atoms with Crippen molar-refractivity contribution in [3.8, 4) is 5.69 Å². The SMILES string of the molecule is CC(C)(C)c1ccc2oc3c(cc4ccc5cc6c(c7ccc3c4c57)c3cc(C(C)(C)C)ccc3n6-c3ccccc3)c2c1. The van der Waals surface area contributed by atoms with Gasteiger partial charge in [-0.3, -0.25) is 0 Å². The van der Waals surface area contributed by atoms with Gasteiger partial charge in [0.2, 0.25) is 0 Å². The van der Waals surface area contributed by atoms with E-state index in [0.717, 1.165) is 11.2 Å². The summed E-state index contributed by atoms with van der Waals surface area (Å²) in [5.41, 5.74) is 8.40. The van der Waals surface area contributed by atoms with Gasteiger partial charge in [-0.05, 0) is 98.1 Å². The van der Waals surface area contributed by atoms with Crippen LogP contribution in [-0.4, -0.2) is 4.57 Å². The van der Waals surface area contributed by atoms with Crippen molar-refractivity contribution in [1.29, 1.82) is 0 Å². The van der Waals surface area contributed by atoms with Crippen LogP contribution in [0, 0.1) is 0 Å². The Labute approximate surface area is 256 Å². The maximum atomic E-state index is 6.65. The predicted octanol–water partition coefficient (Wildman–Crippen LogP) is 12.2. The van der Waals surface area contributed by atoms with Gasteiger partial charge in [0.05, 0.1) is 11.0 Å². The van der Waals surface area contributed by atoms with Crippen LogP contribution in [0.2, 0.25) is 0 Å². The van der Waals surface area contributed by atoms with E-state index < -0.39 is 0 Å². The Bertz CT molecular complexity index is 2600. The average molecular weight is 570 g/mol. The summed E-state index contributed by atoms with van der Waals surface area (Å²) in [5.74, 6) is 0. The highest BCUT2D eigenvalue weighted by atomic mass is 16.3. The summed E-state index contributed by atoms with van der Waals surface area (Å²) in [6, 6.07) is 38.5. The van der Waals surface area contributed by atoms with E-state index in [0.29, 0.717) is 0 Å². The largest absolute Gasteiger partial charge is 0.455 e. The Morgan fingerprint density at radius 2 is 1.11 bits per heavy atom. The molecule has 0 saturated carbocycles. The first-order valence-corrected chi connectivity index (χ1v) is 15.7. The second kappa shape index (κ2) is 8.42. The number of nitrogens with zero attached hydrogens (tertiary/aromatic N) is 1. The van der Waals surface area contributed by atoms with E-state index in [-0.39, 0.29) is 10.8 Å². The molecule has 2 heteroatoms. The summed E-state index contributed by atoms with van der Waals surface area (Å²) in [7, 11) is 0. The van der Waals surface area contributed by atoms with Gasteiger partial charge in [0.15, 0.2) is 0 Å². The molecule has 9 aromatic rings. The first kappa shape index (κ1) is 25.7. The molecule has 0 bridgehead atoms. The molecule has 0 spiro atoms. The molecule has 0 unspecified atom stereocenters. The zero-order valence-corrected chi connectivity index (χ0v) is 26.2. The first-order chi connectivity index (χ1) is 21.1. The monoisotopic (exact) mass is 569 g/mol. The molecule has 9 rings (SSSR count). The normalized spacial score (nSPS) is 13.2. The van der Waals surface area contributed by atoms with Crippen LogP contribution >= 0.6 is 0 Å². The average Bonchev–Trinajstić information content (AvgIpc) is 3.53. The lowest BCUT2D eigenvalue weighted by Crippen LogP contribution is -2.10. The zero-order chi connectivity index (χ0) is 30.1. The van der Waals surface area contributed by atoms with Crippen molar-refractivity contribution in [3.05, 3.63) is 114 Å². The van der Waals surface area contributed by atoms with Crippen LogP contribution in [-0.2, 0) is 10.8 Å². The van der Waals surface area contributed by atoms with E-state index in [4.69, 9.17) is 4.42 Å². The van der Waals surface area contributed by atoms with Crippen molar-refractivity contribution in [2.75, 3.05) is 0 Å². The minimum absolute atomic E-state index is 0.0545. The Morgan fingerprint density at radius 1 is 0.477 bits per heavy atom. The Morgan fingerprint density at radius 3 is 1.84 bits per heavy atom. The first-order valence-electron chi connectivity index (χ1n) is 15.7. The van der Waals surface area contributed by atoms with Crippen molar-refractivity contribution >= 4 is 76.1 Å². The highest BCUT2D eigenvalue weighted by Crippen LogP contribution is 2.47. The molecule has 7 aromatic carbocycles. The van der Waals surface area contributed by atoms with Gasteiger partial charge < -0.3 is 8.98 Å². The van der Waals surface area contributed by atoms with Crippen LogP contribution in [0.4, 0.5) is 0 Å². The highest BCUT2D eigenvalue weighted by Gasteiger charge is 2.23. The maximum absolute atomic E-state index is 6.65. The molecule has 0 N–H and O–H groups in total. The van der Waals surface area contributed by atoms with E-state index >= 15 is 0 Å². The smallest absolute Gasteiger partial charge is 0.143 e. The lowest BCUT2D eigenvalue weighted by Gasteiger charge is -2.19. The fourth-order valence-corrected chi connectivity index (χ4v) is 7.47. The fraction of sp³-hybridized carbons (Fsp3) is 0.190. The van der Waals surface area contributed by atoms with Crippen molar-refractivity contribution in [3.63, 3.8) is 0 Å². The molecule has 44 heavy (non-hydrogen) atoms. The van der Waals surface area contributed by atoms with Gasteiger partial charge in [-0.2, -0.15) is 0 Å². The van der Waals surface area contributed by atoms with Gasteiger partial charge in [-0.25, -0.2) is 0 Å². The third-order valence-corrected chi connectivity index (χ3v) is 9.81. The van der Waals surface area contributed by atoms with E-state index in [1.54, 1.807) is 0 Å². The number of benzene rings is 7. The Kier molecular flexibility index (Phi) is 4.91. The molecular formula is C42H35NO. The van der Waals surface area contributed by atoms with Crippen LogP contribution in [0.5, 0.6) is 0 Å². The lowest BCUT2D eigenvalue weighted by atomic mass is 9.85. The van der Waals surface area contributed by atoms with Crippen LogP contribution in [0.15, 0.2) is 108 Å². The number of rotatable bonds is 1. The molecule has 0 saturated heterocycles. The third kappa shape index (κ3) is 3.43. The third-order valence-electron chi connectivity index (χ3n) is 9.81. The number of aromatic nitrogens is 1. The van der Waals surface area contributed by atoms with Crippen molar-refractivity contribution in [2.45, 2.75) is 52.4 Å². The minimum Gasteiger partial charge on any atom is -0.455 e. The standard InChI is InChI=1S/C42H35NO/c1-41(2,3)26-14-18-34-33(23-26)39-29-16-17-30-38-24(20-32-31-22-27(42(4,5)6)15-19-36(31)44-40(30)32)12-13-25(37(29)38)21-35(39)43(34)28-10-8-7-9-11-28/h7-23H,1-6H3. The molecule has 0 amide bonds. The number of para-hydroxylation sites is 1. The quantitative estimate of drug-likeness (QED) is 0.180. The molecule has 0 radical (unpaired) electrons. The molecule has 0 aliphatic carbocycles. The van der Waals surface area contributed by atoms with Crippen LogP contribution < -0.4 is 0 Å². The lowest BCUT2D eigenvalue weighted by molar-refractivity contribution is 0.590. The summed E-state index contributed by atoms with van der Waals surface area (Å²) in [5, 5.41) is 12.6. The molecule has 2 heterocycles. The Balaban J connectivity index is 1.45. The zero-order valence-electron chi connectivity index (χ0n) is 26.2. The summed E-state index contributed by atoms with van der Waals surface area (Å²) in [6.45, 7) is 13.7. The van der Waals surface area contributed by atoms with Crippen LogP contribution in [0.1, 0.15) is 52.7 Å². The fourth-order valence-electron chi connectivity index (χ4n) is 7.47. The van der Waals surface area contributed by atoms with Gasteiger partial charge in [-0.15, -0.1) is 0 Å². The van der Waals surface area contributed by atoms with Crippen molar-refractivity contribution < 1.29 is 4.42 Å². The van der Waals surface area contributed by atoms with Gasteiger partial charge >= 0.3 is 0 Å². The molecule has 2 aromatic heterocycles. The molecule has 0 atom stereocenters. The Hall–Kier alpha value is -4.82. The number of hydrogen-bond donors (Lipinski definition) is 0. The van der Waals surface area contributed by atoms with Crippen molar-refractivity contribution in [2.24, 2.45) is 0 Å². The number of fused-ring (bicyclic) bond motifs is 8. The van der Waals surface area contributed by atoms with Crippen molar-refractivity contribution in [1.82, 2.24) is 4.57 Å². The second-order valence-corrected chi connectivity index (χ2v) is 14.7. The maximum Gasteiger partial charge on any atom is 0.143 e. The second-order valence-electron chi connectivity index (χ2n) is 14.7. The molecular weight excluding hydrogens is 534 g/mol. The summed E-state index contributed by atoms with van der Waals surface area (Å²) >= 11 is 0. The van der Waals surface area contributed by atoms with E-state index in [1.807, 2.05) is 0 Å². The van der Waals surface area contributed by atoms with E-state index in [1.165, 1.54) is 81.7 Å². The predicted molar refractivity (Wildman–Crippen MR) is 189 cm³/mol.